The maximum Gasteiger partial charge on any atom is 0.312 e. The molecule has 94 valence electrons. The van der Waals surface area contributed by atoms with Crippen molar-refractivity contribution in [1.82, 2.24) is 19.9 Å². The number of ether oxygens (including phenoxy) is 1. The Balaban J connectivity index is 2.49. The van der Waals surface area contributed by atoms with Crippen LogP contribution < -0.4 is 11.1 Å². The van der Waals surface area contributed by atoms with Gasteiger partial charge >= 0.3 is 5.97 Å². The Morgan fingerprint density at radius 2 is 2.17 bits per heavy atom. The van der Waals surface area contributed by atoms with Crippen LogP contribution in [-0.2, 0) is 16.0 Å². The Hall–Kier alpha value is -2.51. The van der Waals surface area contributed by atoms with Crippen molar-refractivity contribution in [3.63, 3.8) is 0 Å². The number of nitrogens with zero attached hydrogens (tertiary/aromatic N) is 2. The van der Waals surface area contributed by atoms with Crippen molar-refractivity contribution in [3.8, 4) is 0 Å². The summed E-state index contributed by atoms with van der Waals surface area (Å²) in [6, 6.07) is 0. The lowest BCUT2D eigenvalue weighted by Gasteiger charge is -2.01. The third kappa shape index (κ3) is 2.26. The van der Waals surface area contributed by atoms with Crippen molar-refractivity contribution in [2.45, 2.75) is 13.3 Å². The normalized spacial score (nSPS) is 10.5. The zero-order valence-electron chi connectivity index (χ0n) is 9.52. The fraction of sp³-hybridized carbons (Fsp3) is 0.300. The van der Waals surface area contributed by atoms with Gasteiger partial charge in [-0.3, -0.25) is 14.4 Å². The highest BCUT2D eigenvalue weighted by atomic mass is 16.5. The highest BCUT2D eigenvalue weighted by Gasteiger charge is 2.12. The van der Waals surface area contributed by atoms with E-state index in [1.54, 1.807) is 6.92 Å². The number of carbonyl (C=O) groups excluding carboxylic acids is 1. The summed E-state index contributed by atoms with van der Waals surface area (Å²) in [4.78, 5) is 46.7. The van der Waals surface area contributed by atoms with Gasteiger partial charge in [0.05, 0.1) is 19.4 Å². The third-order valence-corrected chi connectivity index (χ3v) is 2.19. The molecule has 0 unspecified atom stereocenters. The lowest BCUT2D eigenvalue weighted by atomic mass is 10.3. The van der Waals surface area contributed by atoms with E-state index in [1.807, 2.05) is 0 Å². The molecule has 2 aromatic rings. The second kappa shape index (κ2) is 4.78. The number of H-pyrrole nitrogens is 2. The van der Waals surface area contributed by atoms with Crippen LogP contribution in [-0.4, -0.2) is 32.5 Å². The Bertz CT molecular complexity index is 703. The summed E-state index contributed by atoms with van der Waals surface area (Å²) < 4.78 is 4.71. The topological polar surface area (TPSA) is 118 Å². The van der Waals surface area contributed by atoms with Crippen LogP contribution >= 0.6 is 0 Å². The smallest absolute Gasteiger partial charge is 0.312 e. The first-order valence-corrected chi connectivity index (χ1v) is 5.24. The van der Waals surface area contributed by atoms with Crippen LogP contribution in [0.4, 0.5) is 0 Å². The van der Waals surface area contributed by atoms with E-state index in [-0.39, 0.29) is 29.9 Å². The molecule has 2 rings (SSSR count). The van der Waals surface area contributed by atoms with Gasteiger partial charge in [0.2, 0.25) is 0 Å². The van der Waals surface area contributed by atoms with E-state index in [0.29, 0.717) is 0 Å². The predicted molar refractivity (Wildman–Crippen MR) is 61.1 cm³/mol. The lowest BCUT2D eigenvalue weighted by molar-refractivity contribution is -0.142. The molecule has 0 fully saturated rings. The molecule has 8 heteroatoms. The molecule has 18 heavy (non-hydrogen) atoms. The summed E-state index contributed by atoms with van der Waals surface area (Å²) in [6.45, 7) is 1.87. The van der Waals surface area contributed by atoms with Crippen LogP contribution in [0.3, 0.4) is 0 Å². The minimum absolute atomic E-state index is 0.0172. The summed E-state index contributed by atoms with van der Waals surface area (Å²) >= 11 is 0. The molecule has 8 nitrogen and oxygen atoms in total. The van der Waals surface area contributed by atoms with Gasteiger partial charge in [0.25, 0.3) is 11.1 Å². The van der Waals surface area contributed by atoms with E-state index in [9.17, 15) is 14.4 Å². The fourth-order valence-electron chi connectivity index (χ4n) is 1.42. The number of hydrogen-bond acceptors (Lipinski definition) is 6. The zero-order valence-corrected chi connectivity index (χ0v) is 9.52. The molecule has 2 aromatic heterocycles. The van der Waals surface area contributed by atoms with Crippen molar-refractivity contribution in [2.24, 2.45) is 0 Å². The van der Waals surface area contributed by atoms with Crippen LogP contribution in [0.2, 0.25) is 0 Å². The number of rotatable bonds is 3. The number of nitrogens with one attached hydrogen (secondary N) is 2. The maximum absolute atomic E-state index is 11.6. The second-order valence-electron chi connectivity index (χ2n) is 3.42. The average molecular weight is 250 g/mol. The van der Waals surface area contributed by atoms with Gasteiger partial charge in [-0.15, -0.1) is 0 Å². The van der Waals surface area contributed by atoms with Crippen molar-refractivity contribution in [2.75, 3.05) is 6.61 Å². The molecular weight excluding hydrogens is 240 g/mol. The zero-order chi connectivity index (χ0) is 13.1. The third-order valence-electron chi connectivity index (χ3n) is 2.19. The molecule has 0 atom stereocenters. The predicted octanol–water partition coefficient (Wildman–Crippen LogP) is -0.888. The minimum Gasteiger partial charge on any atom is -0.466 e. The van der Waals surface area contributed by atoms with E-state index in [1.165, 1.54) is 0 Å². The quantitative estimate of drug-likeness (QED) is 0.682. The van der Waals surface area contributed by atoms with E-state index < -0.39 is 17.1 Å². The van der Waals surface area contributed by atoms with Gasteiger partial charge in [-0.05, 0) is 6.92 Å². The van der Waals surface area contributed by atoms with Crippen molar-refractivity contribution < 1.29 is 9.53 Å². The summed E-state index contributed by atoms with van der Waals surface area (Å²) in [6.07, 6.45) is 0.876. The molecule has 2 N–H and O–H groups in total. The molecule has 0 aliphatic heterocycles. The Morgan fingerprint density at radius 1 is 1.39 bits per heavy atom. The number of esters is 1. The van der Waals surface area contributed by atoms with Gasteiger partial charge < -0.3 is 14.7 Å². The number of fused-ring (bicyclic) bond motifs is 1. The van der Waals surface area contributed by atoms with Gasteiger partial charge in [0, 0.05) is 0 Å². The molecule has 0 saturated heterocycles. The van der Waals surface area contributed by atoms with Crippen LogP contribution in [0.15, 0.2) is 15.9 Å². The van der Waals surface area contributed by atoms with E-state index in [2.05, 4.69) is 19.9 Å². The summed E-state index contributed by atoms with van der Waals surface area (Å²) in [5, 5.41) is 0. The molecule has 0 aromatic carbocycles. The molecule has 2 heterocycles. The number of carbonyl (C=O) groups is 1. The van der Waals surface area contributed by atoms with Gasteiger partial charge in [-0.1, -0.05) is 0 Å². The first-order valence-electron chi connectivity index (χ1n) is 5.24. The van der Waals surface area contributed by atoms with Crippen molar-refractivity contribution in [3.05, 3.63) is 32.7 Å². The van der Waals surface area contributed by atoms with E-state index in [4.69, 9.17) is 4.74 Å². The molecule has 0 radical (unpaired) electrons. The highest BCUT2D eigenvalue weighted by Crippen LogP contribution is 1.98. The monoisotopic (exact) mass is 250 g/mol. The maximum atomic E-state index is 11.6. The average Bonchev–Trinajstić information content (AvgIpc) is 2.31. The number of aromatic nitrogens is 4. The molecule has 0 saturated carbocycles. The Labute approximate surface area is 100 Å². The van der Waals surface area contributed by atoms with Crippen LogP contribution in [0.1, 0.15) is 12.6 Å². The first-order chi connectivity index (χ1) is 8.61. The Kier molecular flexibility index (Phi) is 3.18. The summed E-state index contributed by atoms with van der Waals surface area (Å²) in [7, 11) is 0. The van der Waals surface area contributed by atoms with Crippen molar-refractivity contribution in [1.29, 1.82) is 0 Å². The highest BCUT2D eigenvalue weighted by molar-refractivity contribution is 5.73. The van der Waals surface area contributed by atoms with Crippen LogP contribution in [0.5, 0.6) is 0 Å². The molecule has 0 bridgehead atoms. The number of aromatic amines is 2. The fourth-order valence-corrected chi connectivity index (χ4v) is 1.42. The molecule has 0 aliphatic rings. The van der Waals surface area contributed by atoms with Crippen molar-refractivity contribution >= 4 is 17.1 Å². The van der Waals surface area contributed by atoms with Gasteiger partial charge in [-0.25, -0.2) is 9.97 Å². The van der Waals surface area contributed by atoms with Gasteiger partial charge in [0.1, 0.15) is 5.69 Å². The van der Waals surface area contributed by atoms with E-state index in [0.717, 1.165) is 6.33 Å². The summed E-state index contributed by atoms with van der Waals surface area (Å²) in [5.74, 6) is -0.574. The molecule has 0 spiro atoms. The Morgan fingerprint density at radius 3 is 2.89 bits per heavy atom. The van der Waals surface area contributed by atoms with Crippen LogP contribution in [0.25, 0.3) is 11.2 Å². The number of hydrogen-bond donors (Lipinski definition) is 2. The molecular formula is C10H10N4O4. The largest absolute Gasteiger partial charge is 0.466 e. The lowest BCUT2D eigenvalue weighted by Crippen LogP contribution is -2.23. The molecule has 0 amide bonds. The molecule has 0 aliphatic carbocycles. The first kappa shape index (κ1) is 12.0. The van der Waals surface area contributed by atoms with Crippen LogP contribution in [0, 0.1) is 0 Å². The second-order valence-corrected chi connectivity index (χ2v) is 3.42. The standard InChI is InChI=1S/C10H10N4O4/c1-2-18-6(15)3-5-9(16)14-8-7(13-5)10(17)12-4-11-8/h4H,2-3H2,1H3,(H2,11,12,14,16,17). The van der Waals surface area contributed by atoms with Gasteiger partial charge in [0.15, 0.2) is 11.2 Å². The minimum atomic E-state index is -0.574. The SMILES string of the molecule is CCOC(=O)Cc1nc2c(=O)[nH]cnc2[nH]c1=O. The van der Waals surface area contributed by atoms with Gasteiger partial charge in [-0.2, -0.15) is 0 Å². The summed E-state index contributed by atoms with van der Waals surface area (Å²) in [5.41, 5.74) is -1.05. The van der Waals surface area contributed by atoms with E-state index >= 15 is 0 Å².